The molecular formula is C35H27N3O4. The first kappa shape index (κ1) is 26.5. The number of amides is 4. The van der Waals surface area contributed by atoms with Gasteiger partial charge in [-0.1, -0.05) is 91.0 Å². The molecule has 1 N–H and O–H groups in total. The van der Waals surface area contributed by atoms with Crippen molar-refractivity contribution in [1.82, 2.24) is 9.88 Å². The van der Waals surface area contributed by atoms with E-state index in [1.807, 2.05) is 104 Å². The second-order valence-electron chi connectivity index (χ2n) is 9.60. The van der Waals surface area contributed by atoms with Crippen LogP contribution in [0, 0.1) is 0 Å². The first-order valence-corrected chi connectivity index (χ1v) is 13.6. The quantitative estimate of drug-likeness (QED) is 0.176. The predicted octanol–water partition coefficient (Wildman–Crippen LogP) is 6.88. The Hall–Kier alpha value is -5.69. The average molecular weight is 554 g/mol. The molecule has 0 aliphatic carbocycles. The van der Waals surface area contributed by atoms with Gasteiger partial charge in [0.15, 0.2) is 0 Å². The van der Waals surface area contributed by atoms with E-state index in [9.17, 15) is 14.4 Å². The van der Waals surface area contributed by atoms with Crippen molar-refractivity contribution >= 4 is 29.6 Å². The van der Waals surface area contributed by atoms with Gasteiger partial charge in [-0.05, 0) is 54.5 Å². The molecule has 42 heavy (non-hydrogen) atoms. The zero-order chi connectivity index (χ0) is 29.1. The molecule has 0 radical (unpaired) electrons. The lowest BCUT2D eigenvalue weighted by Crippen LogP contribution is -2.54. The van der Waals surface area contributed by atoms with Crippen molar-refractivity contribution in [2.75, 3.05) is 11.5 Å². The first-order chi connectivity index (χ1) is 20.6. The lowest BCUT2D eigenvalue weighted by molar-refractivity contribution is -0.122. The van der Waals surface area contributed by atoms with Gasteiger partial charge in [-0.3, -0.25) is 14.9 Å². The summed E-state index contributed by atoms with van der Waals surface area (Å²) in [7, 11) is 0. The molecule has 1 fully saturated rings. The topological polar surface area (TPSA) is 80.6 Å². The number of para-hydroxylation sites is 3. The van der Waals surface area contributed by atoms with E-state index in [2.05, 4.69) is 9.88 Å². The number of carbonyl (C=O) groups is 3. The molecule has 5 aromatic rings. The standard InChI is InChI=1S/C35H27N3O4/c1-2-42-31-21-13-12-20-29(31)38-34(40)28(33(39)36-35(38)41)22-26-23-30(24-14-6-3-7-15-24)37(27-18-10-5-11-19-27)32(26)25-16-8-4-9-17-25/h3-23H,2H2,1H3,(H,36,39,41)/b28-22-. The molecule has 2 heterocycles. The number of hydrogen-bond acceptors (Lipinski definition) is 4. The zero-order valence-electron chi connectivity index (χ0n) is 22.9. The second kappa shape index (κ2) is 11.4. The van der Waals surface area contributed by atoms with Gasteiger partial charge in [-0.15, -0.1) is 0 Å². The first-order valence-electron chi connectivity index (χ1n) is 13.6. The van der Waals surface area contributed by atoms with Crippen LogP contribution in [-0.4, -0.2) is 29.0 Å². The Balaban J connectivity index is 1.58. The van der Waals surface area contributed by atoms with Crippen molar-refractivity contribution in [2.45, 2.75) is 6.92 Å². The Morgan fingerprint density at radius 1 is 0.738 bits per heavy atom. The molecule has 4 amide bonds. The summed E-state index contributed by atoms with van der Waals surface area (Å²) in [6, 6.07) is 37.5. The Labute approximate surface area is 243 Å². The number of rotatable bonds is 7. The maximum Gasteiger partial charge on any atom is 0.336 e. The Morgan fingerprint density at radius 2 is 1.33 bits per heavy atom. The molecule has 1 aliphatic rings. The Bertz CT molecular complexity index is 1810. The number of carbonyl (C=O) groups excluding carboxylic acids is 3. The number of aromatic nitrogens is 1. The van der Waals surface area contributed by atoms with E-state index < -0.39 is 17.8 Å². The molecule has 7 heteroatoms. The average Bonchev–Trinajstić information content (AvgIpc) is 3.41. The highest BCUT2D eigenvalue weighted by Crippen LogP contribution is 2.38. The molecule has 0 atom stereocenters. The number of urea groups is 1. The minimum absolute atomic E-state index is 0.164. The van der Waals surface area contributed by atoms with E-state index in [1.54, 1.807) is 30.3 Å². The summed E-state index contributed by atoms with van der Waals surface area (Å²) in [5.41, 5.74) is 5.20. The zero-order valence-corrected chi connectivity index (χ0v) is 22.9. The Morgan fingerprint density at radius 3 is 2.00 bits per heavy atom. The van der Waals surface area contributed by atoms with E-state index in [0.29, 0.717) is 17.9 Å². The fourth-order valence-corrected chi connectivity index (χ4v) is 5.15. The molecule has 1 aliphatic heterocycles. The molecule has 0 unspecified atom stereocenters. The summed E-state index contributed by atoms with van der Waals surface area (Å²) in [6.07, 6.45) is 1.56. The molecule has 1 aromatic heterocycles. The smallest absolute Gasteiger partial charge is 0.336 e. The van der Waals surface area contributed by atoms with E-state index >= 15 is 0 Å². The third-order valence-corrected chi connectivity index (χ3v) is 6.97. The van der Waals surface area contributed by atoms with Crippen LogP contribution in [0.3, 0.4) is 0 Å². The lowest BCUT2D eigenvalue weighted by Gasteiger charge is -2.27. The summed E-state index contributed by atoms with van der Waals surface area (Å²) < 4.78 is 7.80. The summed E-state index contributed by atoms with van der Waals surface area (Å²) in [5.74, 6) is -1.13. The maximum atomic E-state index is 13.9. The third kappa shape index (κ3) is 4.88. The monoisotopic (exact) mass is 553 g/mol. The lowest BCUT2D eigenvalue weighted by atomic mass is 10.0. The summed E-state index contributed by atoms with van der Waals surface area (Å²) in [5, 5.41) is 2.34. The third-order valence-electron chi connectivity index (χ3n) is 6.97. The highest BCUT2D eigenvalue weighted by atomic mass is 16.5. The maximum absolute atomic E-state index is 13.9. The van der Waals surface area contributed by atoms with Crippen LogP contribution in [-0.2, 0) is 9.59 Å². The van der Waals surface area contributed by atoms with Crippen molar-refractivity contribution in [1.29, 1.82) is 0 Å². The van der Waals surface area contributed by atoms with Crippen LogP contribution < -0.4 is 15.0 Å². The minimum atomic E-state index is -0.829. The number of benzene rings is 4. The molecule has 1 saturated heterocycles. The predicted molar refractivity (Wildman–Crippen MR) is 163 cm³/mol. The van der Waals surface area contributed by atoms with Crippen molar-refractivity contribution in [3.8, 4) is 34.0 Å². The van der Waals surface area contributed by atoms with Gasteiger partial charge < -0.3 is 9.30 Å². The summed E-state index contributed by atoms with van der Waals surface area (Å²) >= 11 is 0. The van der Waals surface area contributed by atoms with Gasteiger partial charge in [-0.25, -0.2) is 9.69 Å². The molecule has 7 nitrogen and oxygen atoms in total. The van der Waals surface area contributed by atoms with Crippen molar-refractivity contribution in [2.24, 2.45) is 0 Å². The van der Waals surface area contributed by atoms with Crippen LogP contribution in [0.2, 0.25) is 0 Å². The van der Waals surface area contributed by atoms with Crippen molar-refractivity contribution in [3.63, 3.8) is 0 Å². The molecular weight excluding hydrogens is 526 g/mol. The number of nitrogens with one attached hydrogen (secondary N) is 1. The number of nitrogens with zero attached hydrogens (tertiary/aromatic N) is 2. The van der Waals surface area contributed by atoms with Crippen LogP contribution in [0.15, 0.2) is 127 Å². The molecule has 6 rings (SSSR count). The molecule has 0 bridgehead atoms. The number of anilines is 1. The second-order valence-corrected chi connectivity index (χ2v) is 9.60. The van der Waals surface area contributed by atoms with E-state index in [-0.39, 0.29) is 11.3 Å². The van der Waals surface area contributed by atoms with Gasteiger partial charge in [0.25, 0.3) is 11.8 Å². The molecule has 206 valence electrons. The van der Waals surface area contributed by atoms with Gasteiger partial charge in [0.05, 0.1) is 23.7 Å². The van der Waals surface area contributed by atoms with Crippen LogP contribution in [0.25, 0.3) is 34.3 Å². The Kier molecular flexibility index (Phi) is 7.22. The van der Waals surface area contributed by atoms with Crippen molar-refractivity contribution in [3.05, 3.63) is 132 Å². The molecule has 4 aromatic carbocycles. The number of imide groups is 2. The SMILES string of the molecule is CCOc1ccccc1N1C(=O)NC(=O)/C(=C/c2cc(-c3ccccc3)n(-c3ccccc3)c2-c2ccccc2)C1=O. The number of barbiturate groups is 1. The van der Waals surface area contributed by atoms with Crippen LogP contribution in [0.4, 0.5) is 10.5 Å². The fraction of sp³-hybridized carbons (Fsp3) is 0.0571. The summed E-state index contributed by atoms with van der Waals surface area (Å²) in [6.45, 7) is 2.16. The molecule has 0 saturated carbocycles. The van der Waals surface area contributed by atoms with Gasteiger partial charge in [0.2, 0.25) is 0 Å². The molecule has 0 spiro atoms. The van der Waals surface area contributed by atoms with Crippen molar-refractivity contribution < 1.29 is 19.1 Å². The van der Waals surface area contributed by atoms with Gasteiger partial charge in [0, 0.05) is 11.3 Å². The number of hydrogen-bond donors (Lipinski definition) is 1. The highest BCUT2D eigenvalue weighted by molar-refractivity contribution is 6.39. The van der Waals surface area contributed by atoms with E-state index in [4.69, 9.17) is 4.74 Å². The number of ether oxygens (including phenoxy) is 1. The van der Waals surface area contributed by atoms with Crippen LogP contribution in [0.1, 0.15) is 12.5 Å². The largest absolute Gasteiger partial charge is 0.492 e. The highest BCUT2D eigenvalue weighted by Gasteiger charge is 2.38. The summed E-state index contributed by atoms with van der Waals surface area (Å²) in [4.78, 5) is 41.0. The van der Waals surface area contributed by atoms with Crippen LogP contribution >= 0.6 is 0 Å². The minimum Gasteiger partial charge on any atom is -0.492 e. The van der Waals surface area contributed by atoms with E-state index in [1.165, 1.54) is 0 Å². The normalized spacial score (nSPS) is 14.3. The van der Waals surface area contributed by atoms with Gasteiger partial charge in [0.1, 0.15) is 11.3 Å². The van der Waals surface area contributed by atoms with Gasteiger partial charge in [-0.2, -0.15) is 0 Å². The fourth-order valence-electron chi connectivity index (χ4n) is 5.15. The van der Waals surface area contributed by atoms with Gasteiger partial charge >= 0.3 is 6.03 Å². The van der Waals surface area contributed by atoms with Crippen LogP contribution in [0.5, 0.6) is 5.75 Å². The van der Waals surface area contributed by atoms with E-state index in [0.717, 1.165) is 33.1 Å².